The Morgan fingerprint density at radius 1 is 1.04 bits per heavy atom. The molecule has 0 fully saturated rings. The number of amides is 2. The Hall–Kier alpha value is -3.19. The van der Waals surface area contributed by atoms with Crippen molar-refractivity contribution >= 4 is 23.2 Å². The van der Waals surface area contributed by atoms with E-state index in [4.69, 9.17) is 4.74 Å². The Labute approximate surface area is 161 Å². The Balaban J connectivity index is 1.62. The number of hydrogen-bond donors (Lipinski definition) is 2. The summed E-state index contributed by atoms with van der Waals surface area (Å²) >= 11 is 1.59. The van der Waals surface area contributed by atoms with Gasteiger partial charge >= 0.3 is 0 Å². The van der Waals surface area contributed by atoms with Crippen molar-refractivity contribution in [3.05, 3.63) is 70.7 Å². The molecule has 2 amide bonds. The highest BCUT2D eigenvalue weighted by Crippen LogP contribution is 2.23. The number of carbonyl (C=O) groups excluding carboxylic acids is 2. The summed E-state index contributed by atoms with van der Waals surface area (Å²) in [6.45, 7) is 4.21. The van der Waals surface area contributed by atoms with Gasteiger partial charge in [-0.05, 0) is 61.7 Å². The predicted molar refractivity (Wildman–Crippen MR) is 105 cm³/mol. The Morgan fingerprint density at radius 2 is 1.78 bits per heavy atom. The van der Waals surface area contributed by atoms with Gasteiger partial charge in [0.1, 0.15) is 5.75 Å². The molecule has 3 rings (SSSR count). The molecule has 3 aromatic rings. The van der Waals surface area contributed by atoms with Crippen LogP contribution in [0.5, 0.6) is 5.75 Å². The molecule has 7 heteroatoms. The first kappa shape index (κ1) is 18.6. The van der Waals surface area contributed by atoms with Crippen LogP contribution in [0.4, 0.5) is 0 Å². The maximum absolute atomic E-state index is 12.4. The van der Waals surface area contributed by atoms with Gasteiger partial charge in [-0.1, -0.05) is 6.07 Å². The average Bonchev–Trinajstić information content (AvgIpc) is 3.21. The van der Waals surface area contributed by atoms with Gasteiger partial charge in [-0.3, -0.25) is 25.4 Å². The fraction of sp³-hybridized carbons (Fsp3) is 0.150. The number of pyridine rings is 1. The maximum Gasteiger partial charge on any atom is 0.271 e. The van der Waals surface area contributed by atoms with Crippen molar-refractivity contribution in [2.24, 2.45) is 0 Å². The van der Waals surface area contributed by atoms with Gasteiger partial charge in [-0.2, -0.15) is 0 Å². The molecule has 27 heavy (non-hydrogen) atoms. The van der Waals surface area contributed by atoms with Crippen molar-refractivity contribution in [1.29, 1.82) is 0 Å². The Bertz CT molecular complexity index is 938. The number of benzene rings is 1. The first-order valence-electron chi connectivity index (χ1n) is 8.43. The molecule has 0 bridgehead atoms. The van der Waals surface area contributed by atoms with Crippen LogP contribution in [0.25, 0.3) is 10.6 Å². The molecule has 0 spiro atoms. The van der Waals surface area contributed by atoms with Gasteiger partial charge in [-0.15, -0.1) is 11.3 Å². The molecular formula is C20H19N3O3S. The molecule has 0 unspecified atom stereocenters. The summed E-state index contributed by atoms with van der Waals surface area (Å²) in [5.41, 5.74) is 7.07. The lowest BCUT2D eigenvalue weighted by molar-refractivity contribution is 0.0846. The molecule has 0 aliphatic carbocycles. The van der Waals surface area contributed by atoms with Crippen LogP contribution in [0.3, 0.4) is 0 Å². The summed E-state index contributed by atoms with van der Waals surface area (Å²) in [5.74, 6) is -0.144. The third-order valence-electron chi connectivity index (χ3n) is 3.82. The van der Waals surface area contributed by atoms with Crippen LogP contribution < -0.4 is 15.6 Å². The van der Waals surface area contributed by atoms with E-state index in [0.29, 0.717) is 29.2 Å². The second-order valence-corrected chi connectivity index (χ2v) is 6.62. The van der Waals surface area contributed by atoms with Crippen molar-refractivity contribution in [2.45, 2.75) is 13.8 Å². The van der Waals surface area contributed by atoms with Gasteiger partial charge in [0.15, 0.2) is 0 Å². The second kappa shape index (κ2) is 8.46. The fourth-order valence-corrected chi connectivity index (χ4v) is 3.18. The molecular weight excluding hydrogens is 362 g/mol. The number of hydrazine groups is 1. The van der Waals surface area contributed by atoms with Crippen LogP contribution in [0.15, 0.2) is 53.9 Å². The number of nitrogens with one attached hydrogen (secondary N) is 2. The highest BCUT2D eigenvalue weighted by Gasteiger charge is 2.13. The molecule has 138 valence electrons. The van der Waals surface area contributed by atoms with E-state index < -0.39 is 11.8 Å². The third-order valence-corrected chi connectivity index (χ3v) is 4.71. The second-order valence-electron chi connectivity index (χ2n) is 5.67. The van der Waals surface area contributed by atoms with Crippen LogP contribution in [-0.2, 0) is 0 Å². The van der Waals surface area contributed by atoms with E-state index in [0.717, 1.165) is 10.6 Å². The van der Waals surface area contributed by atoms with E-state index in [2.05, 4.69) is 15.8 Å². The molecule has 0 atom stereocenters. The first-order chi connectivity index (χ1) is 13.1. The maximum atomic E-state index is 12.4. The number of aryl methyl sites for hydroxylation is 1. The zero-order chi connectivity index (χ0) is 19.2. The quantitative estimate of drug-likeness (QED) is 0.662. The van der Waals surface area contributed by atoms with E-state index in [1.807, 2.05) is 24.4 Å². The zero-order valence-corrected chi connectivity index (χ0v) is 15.8. The summed E-state index contributed by atoms with van der Waals surface area (Å²) in [6.07, 6.45) is 0. The number of rotatable bonds is 5. The fourth-order valence-electron chi connectivity index (χ4n) is 2.48. The summed E-state index contributed by atoms with van der Waals surface area (Å²) in [5, 5.41) is 1.98. The van der Waals surface area contributed by atoms with Gasteiger partial charge in [0.2, 0.25) is 0 Å². The Morgan fingerprint density at radius 3 is 2.41 bits per heavy atom. The highest BCUT2D eigenvalue weighted by atomic mass is 32.1. The summed E-state index contributed by atoms with van der Waals surface area (Å²) < 4.78 is 5.34. The van der Waals surface area contributed by atoms with Crippen LogP contribution in [-0.4, -0.2) is 23.4 Å². The van der Waals surface area contributed by atoms with E-state index in [1.54, 1.807) is 54.7 Å². The molecule has 1 aromatic carbocycles. The minimum absolute atomic E-state index is 0.405. The third kappa shape index (κ3) is 4.51. The lowest BCUT2D eigenvalue weighted by atomic mass is 10.1. The number of nitrogens with zero attached hydrogens (tertiary/aromatic N) is 1. The summed E-state index contributed by atoms with van der Waals surface area (Å²) in [7, 11) is 0. The standard InChI is InChI=1S/C20H19N3O3S/c1-3-26-15-8-6-14(7-9-15)19(24)22-23-20(25)16-10-11-17(21-13(16)2)18-5-4-12-27-18/h4-12H,3H2,1-2H3,(H,22,24)(H,23,25). The average molecular weight is 381 g/mol. The van der Waals surface area contributed by atoms with Gasteiger partial charge in [0, 0.05) is 5.56 Å². The highest BCUT2D eigenvalue weighted by molar-refractivity contribution is 7.13. The van der Waals surface area contributed by atoms with Crippen molar-refractivity contribution in [1.82, 2.24) is 15.8 Å². The molecule has 2 heterocycles. The van der Waals surface area contributed by atoms with Crippen LogP contribution in [0, 0.1) is 6.92 Å². The van der Waals surface area contributed by atoms with Crippen molar-refractivity contribution < 1.29 is 14.3 Å². The van der Waals surface area contributed by atoms with Crippen LogP contribution >= 0.6 is 11.3 Å². The van der Waals surface area contributed by atoms with Gasteiger partial charge in [0.05, 0.1) is 28.4 Å². The van der Waals surface area contributed by atoms with Crippen molar-refractivity contribution in [3.8, 4) is 16.3 Å². The molecule has 0 aliphatic rings. The minimum Gasteiger partial charge on any atom is -0.494 e. The van der Waals surface area contributed by atoms with Gasteiger partial charge in [0.25, 0.3) is 11.8 Å². The minimum atomic E-state index is -0.419. The molecule has 0 saturated carbocycles. The lowest BCUT2D eigenvalue weighted by Crippen LogP contribution is -2.41. The van der Waals surface area contributed by atoms with Crippen molar-refractivity contribution in [2.75, 3.05) is 6.61 Å². The molecule has 6 nitrogen and oxygen atoms in total. The molecule has 2 aromatic heterocycles. The van der Waals surface area contributed by atoms with Gasteiger partial charge in [-0.25, -0.2) is 0 Å². The van der Waals surface area contributed by atoms with Crippen molar-refractivity contribution in [3.63, 3.8) is 0 Å². The topological polar surface area (TPSA) is 80.3 Å². The van der Waals surface area contributed by atoms with E-state index >= 15 is 0 Å². The van der Waals surface area contributed by atoms with E-state index in [-0.39, 0.29) is 0 Å². The summed E-state index contributed by atoms with van der Waals surface area (Å²) in [6, 6.07) is 14.1. The molecule has 2 N–H and O–H groups in total. The Kier molecular flexibility index (Phi) is 5.83. The number of thiophene rings is 1. The number of aromatic nitrogens is 1. The predicted octanol–water partition coefficient (Wildman–Crippen LogP) is 3.59. The first-order valence-corrected chi connectivity index (χ1v) is 9.31. The zero-order valence-electron chi connectivity index (χ0n) is 15.0. The summed E-state index contributed by atoms with van der Waals surface area (Å²) in [4.78, 5) is 30.0. The van der Waals surface area contributed by atoms with Crippen LogP contribution in [0.2, 0.25) is 0 Å². The molecule has 0 saturated heterocycles. The normalized spacial score (nSPS) is 10.3. The van der Waals surface area contributed by atoms with E-state index in [1.165, 1.54) is 0 Å². The van der Waals surface area contributed by atoms with Gasteiger partial charge < -0.3 is 4.74 Å². The molecule has 0 aliphatic heterocycles. The number of ether oxygens (including phenoxy) is 1. The number of hydrogen-bond acceptors (Lipinski definition) is 5. The number of carbonyl (C=O) groups is 2. The smallest absolute Gasteiger partial charge is 0.271 e. The van der Waals surface area contributed by atoms with E-state index in [9.17, 15) is 9.59 Å². The largest absolute Gasteiger partial charge is 0.494 e. The monoisotopic (exact) mass is 381 g/mol. The lowest BCUT2D eigenvalue weighted by Gasteiger charge is -2.10. The SMILES string of the molecule is CCOc1ccc(C(=O)NNC(=O)c2ccc(-c3cccs3)nc2C)cc1. The van der Waals surface area contributed by atoms with Crippen LogP contribution in [0.1, 0.15) is 33.3 Å². The molecule has 0 radical (unpaired) electrons.